The van der Waals surface area contributed by atoms with Gasteiger partial charge >= 0.3 is 0 Å². The van der Waals surface area contributed by atoms with Gasteiger partial charge in [0.15, 0.2) is 0 Å². The molecule has 2 rings (SSSR count). The number of benzene rings is 2. The molecule has 4 radical (unpaired) electrons. The molecule has 3 heteroatoms. The highest BCUT2D eigenvalue weighted by atomic mass is 14.1. The summed E-state index contributed by atoms with van der Waals surface area (Å²) < 4.78 is 0. The van der Waals surface area contributed by atoms with E-state index in [1.807, 2.05) is 19.3 Å². The van der Waals surface area contributed by atoms with E-state index in [0.29, 0.717) is 5.92 Å². The molecule has 0 amide bonds. The van der Waals surface area contributed by atoms with E-state index in [4.69, 9.17) is 7.74 Å². The molecule has 0 heterocycles. The Morgan fingerprint density at radius 1 is 0.824 bits per heavy atom. The lowest BCUT2D eigenvalue weighted by atomic mass is 9.26. The molecule has 0 spiro atoms. The van der Waals surface area contributed by atoms with Crippen molar-refractivity contribution in [1.29, 1.82) is 0 Å². The van der Waals surface area contributed by atoms with Crippen LogP contribution in [0.4, 0.5) is 0 Å². The summed E-state index contributed by atoms with van der Waals surface area (Å²) >= 11 is 0. The van der Waals surface area contributed by atoms with E-state index < -0.39 is 0 Å². The van der Waals surface area contributed by atoms with Crippen molar-refractivity contribution in [1.82, 2.24) is 0 Å². The van der Waals surface area contributed by atoms with Crippen LogP contribution >= 0.6 is 0 Å². The molecule has 0 aliphatic rings. The third-order valence-electron chi connectivity index (χ3n) is 2.91. The summed E-state index contributed by atoms with van der Waals surface area (Å²) in [6, 6.07) is 21.1. The molecular weight excluding hydrogens is 201 g/mol. The van der Waals surface area contributed by atoms with Crippen molar-refractivity contribution in [2.24, 2.45) is 0 Å². The van der Waals surface area contributed by atoms with Gasteiger partial charge in [0, 0.05) is 20.7 Å². The molecular formula is C14H13B3. The lowest BCUT2D eigenvalue weighted by Crippen LogP contribution is -2.10. The van der Waals surface area contributed by atoms with Crippen molar-refractivity contribution >= 4 is 22.0 Å². The first-order chi connectivity index (χ1) is 8.42. The molecule has 2 aromatic carbocycles. The summed E-state index contributed by atoms with van der Waals surface area (Å²) in [6.07, 6.45) is 0.935. The van der Waals surface area contributed by atoms with Crippen molar-refractivity contribution in [3.8, 4) is 0 Å². The Hall–Kier alpha value is -1.37. The average molecular weight is 214 g/mol. The summed E-state index contributed by atoms with van der Waals surface area (Å²) in [5, 5.41) is 0. The molecule has 2 aromatic rings. The summed E-state index contributed by atoms with van der Waals surface area (Å²) in [4.78, 5) is 0. The Kier molecular flexibility index (Phi) is 4.55. The summed E-state index contributed by atoms with van der Waals surface area (Å²) in [7, 11) is 9.09. The maximum absolute atomic E-state index is 5.45. The van der Waals surface area contributed by atoms with Crippen molar-refractivity contribution in [3.05, 3.63) is 71.8 Å². The normalized spacial score (nSPS) is 10.2. The molecule has 0 aromatic heterocycles. The minimum absolute atomic E-state index is 0.386. The summed E-state index contributed by atoms with van der Waals surface area (Å²) in [6.45, 7) is 0. The number of hydrogen-bond acceptors (Lipinski definition) is 0. The van der Waals surface area contributed by atoms with Gasteiger partial charge in [0.1, 0.15) is 0 Å². The molecule has 0 unspecified atom stereocenters. The Balaban J connectivity index is 2.26. The van der Waals surface area contributed by atoms with Gasteiger partial charge in [0.2, 0.25) is 0 Å². The Morgan fingerprint density at radius 2 is 1.29 bits per heavy atom. The van der Waals surface area contributed by atoms with Gasteiger partial charge in [0.25, 0.3) is 0 Å². The fourth-order valence-corrected chi connectivity index (χ4v) is 2.05. The molecule has 0 fully saturated rings. The number of rotatable bonds is 5. The van der Waals surface area contributed by atoms with E-state index >= 15 is 0 Å². The van der Waals surface area contributed by atoms with Gasteiger partial charge in [-0.15, -0.1) is 0 Å². The third-order valence-corrected chi connectivity index (χ3v) is 2.91. The quantitative estimate of drug-likeness (QED) is 0.670. The zero-order valence-electron chi connectivity index (χ0n) is 9.79. The minimum atomic E-state index is 0.386. The molecule has 0 atom stereocenters. The predicted octanol–water partition coefficient (Wildman–Crippen LogP) is 2.64. The van der Waals surface area contributed by atoms with Crippen LogP contribution in [-0.4, -0.2) is 22.0 Å². The molecule has 0 saturated carbocycles. The smallest absolute Gasteiger partial charge is 0.0556 e. The standard InChI is InChI=1S/C14H13B3/c15-17-16-11-14(12-7-3-1-4-8-12)13-9-5-2-6-10-13/h1-10,14H,11H2. The zero-order valence-corrected chi connectivity index (χ0v) is 9.79. The van der Waals surface area contributed by atoms with E-state index in [2.05, 4.69) is 48.5 Å². The van der Waals surface area contributed by atoms with Crippen LogP contribution in [0.3, 0.4) is 0 Å². The Bertz CT molecular complexity index is 388. The van der Waals surface area contributed by atoms with E-state index in [-0.39, 0.29) is 0 Å². The first-order valence-electron chi connectivity index (χ1n) is 5.88. The third kappa shape index (κ3) is 3.29. The van der Waals surface area contributed by atoms with Gasteiger partial charge in [0.05, 0.1) is 7.17 Å². The second kappa shape index (κ2) is 6.39. The molecule has 0 nitrogen and oxygen atoms in total. The van der Waals surface area contributed by atoms with Gasteiger partial charge in [-0.2, -0.15) is 0 Å². The predicted molar refractivity (Wildman–Crippen MR) is 76.8 cm³/mol. The molecule has 0 aliphatic heterocycles. The highest BCUT2D eigenvalue weighted by Crippen LogP contribution is 2.27. The lowest BCUT2D eigenvalue weighted by molar-refractivity contribution is 0.917. The number of hydrogen-bond donors (Lipinski definition) is 0. The van der Waals surface area contributed by atoms with Crippen molar-refractivity contribution in [3.63, 3.8) is 0 Å². The van der Waals surface area contributed by atoms with Crippen LogP contribution in [0, 0.1) is 0 Å². The Labute approximate surface area is 106 Å². The summed E-state index contributed by atoms with van der Waals surface area (Å²) in [5.41, 5.74) is 2.66. The summed E-state index contributed by atoms with van der Waals surface area (Å²) in [5.74, 6) is 0.386. The topological polar surface area (TPSA) is 0 Å². The zero-order chi connectivity index (χ0) is 11.9. The monoisotopic (exact) mass is 214 g/mol. The largest absolute Gasteiger partial charge is 0.0788 e. The van der Waals surface area contributed by atoms with Gasteiger partial charge in [-0.3, -0.25) is 0 Å². The molecule has 17 heavy (non-hydrogen) atoms. The second-order valence-electron chi connectivity index (χ2n) is 4.04. The fourth-order valence-electron chi connectivity index (χ4n) is 2.05. The van der Waals surface area contributed by atoms with E-state index in [9.17, 15) is 0 Å². The highest BCUT2D eigenvalue weighted by molar-refractivity contribution is 7.23. The van der Waals surface area contributed by atoms with Crippen molar-refractivity contribution in [2.75, 3.05) is 0 Å². The van der Waals surface area contributed by atoms with Gasteiger partial charge in [-0.05, 0) is 11.1 Å². The van der Waals surface area contributed by atoms with Crippen LogP contribution in [0.15, 0.2) is 60.7 Å². The Morgan fingerprint density at radius 3 is 1.71 bits per heavy atom. The molecule has 78 valence electrons. The van der Waals surface area contributed by atoms with Crippen molar-refractivity contribution < 1.29 is 0 Å². The first-order valence-corrected chi connectivity index (χ1v) is 5.88. The van der Waals surface area contributed by atoms with E-state index in [1.165, 1.54) is 11.1 Å². The fraction of sp³-hybridized carbons (Fsp3) is 0.143. The van der Waals surface area contributed by atoms with Crippen LogP contribution in [-0.2, 0) is 0 Å². The minimum Gasteiger partial charge on any atom is -0.0788 e. The lowest BCUT2D eigenvalue weighted by Gasteiger charge is -2.17. The molecule has 0 N–H and O–H groups in total. The van der Waals surface area contributed by atoms with Gasteiger partial charge < -0.3 is 0 Å². The van der Waals surface area contributed by atoms with Crippen LogP contribution in [0.1, 0.15) is 17.0 Å². The van der Waals surface area contributed by atoms with Crippen LogP contribution in [0.25, 0.3) is 0 Å². The molecule has 0 aliphatic carbocycles. The van der Waals surface area contributed by atoms with Crippen LogP contribution in [0.5, 0.6) is 0 Å². The first kappa shape index (κ1) is 12.1. The van der Waals surface area contributed by atoms with Crippen molar-refractivity contribution in [2.45, 2.75) is 12.2 Å². The molecule has 0 bridgehead atoms. The maximum Gasteiger partial charge on any atom is 0.0556 e. The molecule has 0 saturated heterocycles. The van der Waals surface area contributed by atoms with E-state index in [0.717, 1.165) is 6.32 Å². The second-order valence-corrected chi connectivity index (χ2v) is 4.04. The average Bonchev–Trinajstić information content (AvgIpc) is 2.42. The highest BCUT2D eigenvalue weighted by Gasteiger charge is 2.12. The SMILES string of the molecule is [B][B][B]CC(c1ccccc1)c1ccccc1. The van der Waals surface area contributed by atoms with Gasteiger partial charge in [-0.1, -0.05) is 67.0 Å². The van der Waals surface area contributed by atoms with Crippen LogP contribution in [0.2, 0.25) is 6.32 Å². The van der Waals surface area contributed by atoms with Gasteiger partial charge in [-0.25, -0.2) is 0 Å². The maximum atomic E-state index is 5.45. The van der Waals surface area contributed by atoms with Crippen LogP contribution < -0.4 is 0 Å². The van der Waals surface area contributed by atoms with E-state index in [1.54, 1.807) is 7.06 Å².